The van der Waals surface area contributed by atoms with Crippen LogP contribution in [0.25, 0.3) is 10.9 Å². The minimum Gasteiger partial charge on any atom is -0.403 e. The highest BCUT2D eigenvalue weighted by atomic mass is 35.5. The number of carbonyl (C=O) groups excluding carboxylic acids is 1. The molecule has 4 rings (SSSR count). The molecule has 0 radical (unpaired) electrons. The van der Waals surface area contributed by atoms with Crippen LogP contribution >= 0.6 is 11.6 Å². The van der Waals surface area contributed by atoms with Gasteiger partial charge in [-0.1, -0.05) is 25.3 Å². The largest absolute Gasteiger partial charge is 0.573 e. The summed E-state index contributed by atoms with van der Waals surface area (Å²) in [4.78, 5) is 22.8. The van der Waals surface area contributed by atoms with Crippen molar-refractivity contribution in [2.24, 2.45) is 0 Å². The molecule has 12 heteroatoms. The first kappa shape index (κ1) is 27.5. The number of halogens is 4. The van der Waals surface area contributed by atoms with Gasteiger partial charge >= 0.3 is 6.36 Å². The van der Waals surface area contributed by atoms with E-state index in [-0.39, 0.29) is 35.0 Å². The molecule has 0 unspecified atom stereocenters. The summed E-state index contributed by atoms with van der Waals surface area (Å²) in [7, 11) is 0. The molecular weight excluding hydrogens is 509 g/mol. The van der Waals surface area contributed by atoms with Crippen molar-refractivity contribution in [3.8, 4) is 5.75 Å². The number of amides is 1. The molecule has 1 aliphatic heterocycles. The molecule has 1 amide bonds. The molecule has 2 fully saturated rings. The van der Waals surface area contributed by atoms with E-state index in [1.54, 1.807) is 6.07 Å². The number of fused-ring (bicyclic) bond motifs is 1. The van der Waals surface area contributed by atoms with Crippen LogP contribution in [0.3, 0.4) is 0 Å². The van der Waals surface area contributed by atoms with Crippen molar-refractivity contribution < 1.29 is 22.7 Å². The zero-order valence-electron chi connectivity index (χ0n) is 20.7. The van der Waals surface area contributed by atoms with Gasteiger partial charge in [0.25, 0.3) is 0 Å². The molecule has 1 aromatic carbocycles. The summed E-state index contributed by atoms with van der Waals surface area (Å²) in [6.45, 7) is 2.80. The normalized spacial score (nSPS) is 18.1. The lowest BCUT2D eigenvalue weighted by atomic mass is 9.92. The first-order chi connectivity index (χ1) is 17.8. The summed E-state index contributed by atoms with van der Waals surface area (Å²) in [5.74, 6) is -0.0838. The number of aromatic nitrogens is 2. The molecule has 1 saturated carbocycles. The first-order valence-corrected chi connectivity index (χ1v) is 13.5. The molecule has 2 heterocycles. The van der Waals surface area contributed by atoms with E-state index < -0.39 is 6.36 Å². The molecule has 204 valence electrons. The van der Waals surface area contributed by atoms with Gasteiger partial charge in [0.15, 0.2) is 5.75 Å². The minimum atomic E-state index is -4.84. The zero-order valence-corrected chi connectivity index (χ0v) is 21.5. The van der Waals surface area contributed by atoms with E-state index in [2.05, 4.69) is 35.6 Å². The van der Waals surface area contributed by atoms with Crippen molar-refractivity contribution >= 4 is 40.2 Å². The summed E-state index contributed by atoms with van der Waals surface area (Å²) in [6, 6.07) is 5.28. The summed E-state index contributed by atoms with van der Waals surface area (Å²) in [5.41, 5.74) is 0.0786. The van der Waals surface area contributed by atoms with Crippen LogP contribution in [0.1, 0.15) is 51.4 Å². The van der Waals surface area contributed by atoms with E-state index in [1.807, 2.05) is 0 Å². The van der Waals surface area contributed by atoms with Crippen molar-refractivity contribution in [3.63, 3.8) is 0 Å². The van der Waals surface area contributed by atoms with E-state index in [0.29, 0.717) is 36.8 Å². The van der Waals surface area contributed by atoms with Gasteiger partial charge in [0.1, 0.15) is 17.2 Å². The maximum Gasteiger partial charge on any atom is 0.573 e. The number of nitrogens with one attached hydrogen (secondary N) is 3. The molecule has 1 aliphatic carbocycles. The SMILES string of the molecule is O=C(CCl)NCCCNc1nc(NC2CCN(C3CCCCC3)CC2)c2cccc(OC(F)(F)F)c2n1. The second-order valence-electron chi connectivity index (χ2n) is 9.61. The molecule has 0 bridgehead atoms. The van der Waals surface area contributed by atoms with E-state index in [1.165, 1.54) is 44.2 Å². The van der Waals surface area contributed by atoms with Crippen LogP contribution in [-0.4, -0.2) is 71.3 Å². The summed E-state index contributed by atoms with van der Waals surface area (Å²) in [5, 5.41) is 9.66. The van der Waals surface area contributed by atoms with Crippen LogP contribution < -0.4 is 20.7 Å². The van der Waals surface area contributed by atoms with E-state index in [0.717, 1.165) is 25.9 Å². The Morgan fingerprint density at radius 3 is 2.54 bits per heavy atom. The predicted octanol–water partition coefficient (Wildman–Crippen LogP) is 4.89. The number of piperidine rings is 1. The van der Waals surface area contributed by atoms with Gasteiger partial charge in [-0.2, -0.15) is 4.98 Å². The summed E-state index contributed by atoms with van der Waals surface area (Å²) >= 11 is 5.47. The Balaban J connectivity index is 1.48. The molecule has 1 saturated heterocycles. The molecule has 2 aromatic rings. The smallest absolute Gasteiger partial charge is 0.403 e. The highest BCUT2D eigenvalue weighted by Gasteiger charge is 2.33. The van der Waals surface area contributed by atoms with Crippen molar-refractivity contribution in [2.75, 3.05) is 42.7 Å². The van der Waals surface area contributed by atoms with Crippen LogP contribution in [0.5, 0.6) is 5.75 Å². The number of para-hydroxylation sites is 1. The maximum atomic E-state index is 13.1. The van der Waals surface area contributed by atoms with E-state index in [4.69, 9.17) is 11.6 Å². The average molecular weight is 543 g/mol. The monoisotopic (exact) mass is 542 g/mol. The molecule has 8 nitrogen and oxygen atoms in total. The van der Waals surface area contributed by atoms with Crippen molar-refractivity contribution in [2.45, 2.75) is 69.8 Å². The standard InChI is InChI=1S/C25H34ClF3N6O2/c26-16-21(36)30-12-5-13-31-24-33-22-19(8-4-9-20(22)37-25(27,28)29)23(34-24)32-17-10-14-35(15-11-17)18-6-2-1-3-7-18/h4,8-9,17-18H,1-3,5-7,10-16H2,(H,30,36)(H2,31,32,33,34). The zero-order chi connectivity index (χ0) is 26.3. The van der Waals surface area contributed by atoms with Gasteiger partial charge in [0.05, 0.1) is 0 Å². The molecule has 37 heavy (non-hydrogen) atoms. The third-order valence-electron chi connectivity index (χ3n) is 6.96. The molecular formula is C25H34ClF3N6O2. The van der Waals surface area contributed by atoms with Crippen LogP contribution in [0, 0.1) is 0 Å². The highest BCUT2D eigenvalue weighted by Crippen LogP contribution is 2.34. The van der Waals surface area contributed by atoms with Crippen LogP contribution in [0.4, 0.5) is 24.9 Å². The lowest BCUT2D eigenvalue weighted by molar-refractivity contribution is -0.274. The Morgan fingerprint density at radius 2 is 1.84 bits per heavy atom. The predicted molar refractivity (Wildman–Crippen MR) is 138 cm³/mol. The number of ether oxygens (including phenoxy) is 1. The second-order valence-corrected chi connectivity index (χ2v) is 9.87. The fourth-order valence-electron chi connectivity index (χ4n) is 5.13. The number of hydrogen-bond acceptors (Lipinski definition) is 7. The molecule has 1 aromatic heterocycles. The van der Waals surface area contributed by atoms with Gasteiger partial charge < -0.3 is 25.6 Å². The fraction of sp³-hybridized carbons (Fsp3) is 0.640. The summed E-state index contributed by atoms with van der Waals surface area (Å²) < 4.78 is 43.5. The van der Waals surface area contributed by atoms with E-state index in [9.17, 15) is 18.0 Å². The van der Waals surface area contributed by atoms with Gasteiger partial charge in [-0.15, -0.1) is 24.8 Å². The molecule has 0 spiro atoms. The maximum absolute atomic E-state index is 13.1. The first-order valence-electron chi connectivity index (χ1n) is 13.0. The lowest BCUT2D eigenvalue weighted by Gasteiger charge is -2.39. The lowest BCUT2D eigenvalue weighted by Crippen LogP contribution is -2.45. The second kappa shape index (κ2) is 12.8. The number of carbonyl (C=O) groups is 1. The number of likely N-dealkylation sites (tertiary alicyclic amines) is 1. The number of rotatable bonds is 10. The van der Waals surface area contributed by atoms with Crippen molar-refractivity contribution in [1.82, 2.24) is 20.2 Å². The Kier molecular flexibility index (Phi) is 9.53. The van der Waals surface area contributed by atoms with Gasteiger partial charge in [-0.05, 0) is 44.2 Å². The van der Waals surface area contributed by atoms with Crippen LogP contribution in [-0.2, 0) is 4.79 Å². The topological polar surface area (TPSA) is 91.4 Å². The Bertz CT molecular complexity index is 1040. The average Bonchev–Trinajstić information content (AvgIpc) is 2.89. The number of benzene rings is 1. The minimum absolute atomic E-state index is 0.0786. The number of hydrogen-bond donors (Lipinski definition) is 3. The van der Waals surface area contributed by atoms with Gasteiger partial charge in [-0.3, -0.25) is 4.79 Å². The Morgan fingerprint density at radius 1 is 1.08 bits per heavy atom. The van der Waals surface area contributed by atoms with Crippen molar-refractivity contribution in [3.05, 3.63) is 18.2 Å². The van der Waals surface area contributed by atoms with Crippen molar-refractivity contribution in [1.29, 1.82) is 0 Å². The van der Waals surface area contributed by atoms with Gasteiger partial charge in [0, 0.05) is 43.6 Å². The highest BCUT2D eigenvalue weighted by molar-refractivity contribution is 6.27. The summed E-state index contributed by atoms with van der Waals surface area (Å²) in [6.07, 6.45) is 4.05. The quantitative estimate of drug-likeness (QED) is 0.291. The Hall–Kier alpha value is -2.53. The fourth-order valence-corrected chi connectivity index (χ4v) is 5.23. The van der Waals surface area contributed by atoms with Gasteiger partial charge in [-0.25, -0.2) is 4.98 Å². The van der Waals surface area contributed by atoms with Crippen LogP contribution in [0.2, 0.25) is 0 Å². The third kappa shape index (κ3) is 7.98. The Labute approximate surface area is 219 Å². The van der Waals surface area contributed by atoms with Gasteiger partial charge in [0.2, 0.25) is 11.9 Å². The molecule has 0 atom stereocenters. The number of anilines is 2. The molecule has 2 aliphatic rings. The third-order valence-corrected chi connectivity index (χ3v) is 7.20. The number of nitrogens with zero attached hydrogens (tertiary/aromatic N) is 3. The number of alkyl halides is 4. The van der Waals surface area contributed by atoms with Crippen LogP contribution in [0.15, 0.2) is 18.2 Å². The molecule has 3 N–H and O–H groups in total. The van der Waals surface area contributed by atoms with E-state index >= 15 is 0 Å².